The number of hydrogen-bond acceptors (Lipinski definition) is 3. The average molecular weight is 252 g/mol. The van der Waals surface area contributed by atoms with Crippen LogP contribution in [0.5, 0.6) is 0 Å². The van der Waals surface area contributed by atoms with E-state index in [1.165, 1.54) is 16.3 Å². The molecule has 0 saturated heterocycles. The number of aromatic nitrogens is 1. The van der Waals surface area contributed by atoms with Crippen molar-refractivity contribution >= 4 is 10.8 Å². The molecule has 1 N–H and O–H groups in total. The molecular formula is C16H16N2O. The lowest BCUT2D eigenvalue weighted by Crippen LogP contribution is -2.17. The number of fused-ring (bicyclic) bond motifs is 1. The van der Waals surface area contributed by atoms with Crippen molar-refractivity contribution < 1.29 is 4.42 Å². The van der Waals surface area contributed by atoms with Crippen LogP contribution in [0.4, 0.5) is 0 Å². The fourth-order valence-electron chi connectivity index (χ4n) is 2.25. The van der Waals surface area contributed by atoms with Crippen LogP contribution in [-0.4, -0.2) is 4.98 Å². The lowest BCUT2D eigenvalue weighted by molar-refractivity contribution is 0.430. The molecule has 2 heterocycles. The van der Waals surface area contributed by atoms with Gasteiger partial charge in [0.25, 0.3) is 0 Å². The number of pyridine rings is 1. The monoisotopic (exact) mass is 252 g/mol. The lowest BCUT2D eigenvalue weighted by atomic mass is 10.1. The molecular weight excluding hydrogens is 236 g/mol. The van der Waals surface area contributed by atoms with E-state index >= 15 is 0 Å². The van der Waals surface area contributed by atoms with E-state index in [1.807, 2.05) is 24.5 Å². The molecule has 0 unspecified atom stereocenters. The SMILES string of the molecule is C[C@@H](NCc1cccc2cnccc12)c1ccco1. The molecule has 2 aromatic heterocycles. The van der Waals surface area contributed by atoms with E-state index in [1.54, 1.807) is 6.26 Å². The highest BCUT2D eigenvalue weighted by Crippen LogP contribution is 2.19. The van der Waals surface area contributed by atoms with Gasteiger partial charge in [0, 0.05) is 24.3 Å². The Morgan fingerprint density at radius 3 is 3.00 bits per heavy atom. The summed E-state index contributed by atoms with van der Waals surface area (Å²) in [5, 5.41) is 5.90. The van der Waals surface area contributed by atoms with Gasteiger partial charge in [-0.1, -0.05) is 18.2 Å². The molecule has 1 aromatic carbocycles. The van der Waals surface area contributed by atoms with Gasteiger partial charge >= 0.3 is 0 Å². The van der Waals surface area contributed by atoms with Crippen LogP contribution in [0, 0.1) is 0 Å². The molecule has 0 aliphatic carbocycles. The first-order chi connectivity index (χ1) is 9.34. The third-order valence-corrected chi connectivity index (χ3v) is 3.34. The molecule has 0 spiro atoms. The highest BCUT2D eigenvalue weighted by molar-refractivity contribution is 5.84. The predicted molar refractivity (Wildman–Crippen MR) is 75.7 cm³/mol. The van der Waals surface area contributed by atoms with Gasteiger partial charge in [-0.15, -0.1) is 0 Å². The van der Waals surface area contributed by atoms with Gasteiger partial charge < -0.3 is 9.73 Å². The smallest absolute Gasteiger partial charge is 0.120 e. The quantitative estimate of drug-likeness (QED) is 0.769. The Balaban J connectivity index is 1.79. The molecule has 1 atom stereocenters. The van der Waals surface area contributed by atoms with Gasteiger partial charge in [-0.25, -0.2) is 0 Å². The summed E-state index contributed by atoms with van der Waals surface area (Å²) < 4.78 is 5.40. The number of hydrogen-bond donors (Lipinski definition) is 1. The Bertz CT molecular complexity index is 656. The number of nitrogens with one attached hydrogen (secondary N) is 1. The van der Waals surface area contributed by atoms with E-state index in [4.69, 9.17) is 4.42 Å². The summed E-state index contributed by atoms with van der Waals surface area (Å²) in [4.78, 5) is 4.15. The van der Waals surface area contributed by atoms with E-state index in [9.17, 15) is 0 Å². The Labute approximate surface area is 112 Å². The molecule has 0 radical (unpaired) electrons. The van der Waals surface area contributed by atoms with Crippen LogP contribution >= 0.6 is 0 Å². The van der Waals surface area contributed by atoms with E-state index < -0.39 is 0 Å². The van der Waals surface area contributed by atoms with Gasteiger partial charge in [0.1, 0.15) is 5.76 Å². The summed E-state index contributed by atoms with van der Waals surface area (Å²) in [6.45, 7) is 2.91. The third kappa shape index (κ3) is 2.51. The maximum Gasteiger partial charge on any atom is 0.120 e. The highest BCUT2D eigenvalue weighted by Gasteiger charge is 2.08. The minimum atomic E-state index is 0.201. The molecule has 3 nitrogen and oxygen atoms in total. The number of benzene rings is 1. The first-order valence-corrected chi connectivity index (χ1v) is 6.43. The van der Waals surface area contributed by atoms with E-state index in [2.05, 4.69) is 41.5 Å². The van der Waals surface area contributed by atoms with Crippen LogP contribution in [0.25, 0.3) is 10.8 Å². The van der Waals surface area contributed by atoms with E-state index in [0.717, 1.165) is 12.3 Å². The topological polar surface area (TPSA) is 38.1 Å². The molecule has 3 heteroatoms. The van der Waals surface area contributed by atoms with Crippen LogP contribution in [0.15, 0.2) is 59.5 Å². The summed E-state index contributed by atoms with van der Waals surface area (Å²) in [6.07, 6.45) is 5.44. The van der Waals surface area contributed by atoms with Gasteiger partial charge in [-0.3, -0.25) is 4.98 Å². The van der Waals surface area contributed by atoms with Crippen LogP contribution in [0.2, 0.25) is 0 Å². The second-order valence-corrected chi connectivity index (χ2v) is 4.63. The van der Waals surface area contributed by atoms with Crippen molar-refractivity contribution in [2.75, 3.05) is 0 Å². The molecule has 0 aliphatic rings. The van der Waals surface area contributed by atoms with Crippen molar-refractivity contribution in [3.63, 3.8) is 0 Å². The largest absolute Gasteiger partial charge is 0.468 e. The maximum atomic E-state index is 5.40. The second-order valence-electron chi connectivity index (χ2n) is 4.63. The number of rotatable bonds is 4. The molecule has 0 bridgehead atoms. The fraction of sp³-hybridized carbons (Fsp3) is 0.188. The van der Waals surface area contributed by atoms with Crippen molar-refractivity contribution in [3.8, 4) is 0 Å². The third-order valence-electron chi connectivity index (χ3n) is 3.34. The second kappa shape index (κ2) is 5.24. The van der Waals surface area contributed by atoms with Gasteiger partial charge in [0.15, 0.2) is 0 Å². The zero-order chi connectivity index (χ0) is 13.1. The van der Waals surface area contributed by atoms with Gasteiger partial charge in [-0.05, 0) is 36.1 Å². The van der Waals surface area contributed by atoms with Crippen molar-refractivity contribution in [1.82, 2.24) is 10.3 Å². The first-order valence-electron chi connectivity index (χ1n) is 6.43. The highest BCUT2D eigenvalue weighted by atomic mass is 16.3. The van der Waals surface area contributed by atoms with Crippen LogP contribution in [-0.2, 0) is 6.54 Å². The molecule has 96 valence electrons. The maximum absolute atomic E-state index is 5.40. The van der Waals surface area contributed by atoms with Crippen molar-refractivity contribution in [3.05, 3.63) is 66.4 Å². The van der Waals surface area contributed by atoms with Gasteiger partial charge in [-0.2, -0.15) is 0 Å². The summed E-state index contributed by atoms with van der Waals surface area (Å²) in [5.74, 6) is 0.960. The average Bonchev–Trinajstić information content (AvgIpc) is 2.99. The Morgan fingerprint density at radius 2 is 2.16 bits per heavy atom. The minimum Gasteiger partial charge on any atom is -0.468 e. The Kier molecular flexibility index (Phi) is 3.29. The zero-order valence-corrected chi connectivity index (χ0v) is 10.8. The van der Waals surface area contributed by atoms with Gasteiger partial charge in [0.05, 0.1) is 12.3 Å². The van der Waals surface area contributed by atoms with Crippen molar-refractivity contribution in [2.45, 2.75) is 19.5 Å². The summed E-state index contributed by atoms with van der Waals surface area (Å²) in [6, 6.07) is 12.5. The number of furan rings is 1. The fourth-order valence-corrected chi connectivity index (χ4v) is 2.25. The minimum absolute atomic E-state index is 0.201. The Morgan fingerprint density at radius 1 is 1.21 bits per heavy atom. The lowest BCUT2D eigenvalue weighted by Gasteiger charge is -2.12. The van der Waals surface area contributed by atoms with Crippen molar-refractivity contribution in [1.29, 1.82) is 0 Å². The van der Waals surface area contributed by atoms with Crippen LogP contribution < -0.4 is 5.32 Å². The summed E-state index contributed by atoms with van der Waals surface area (Å²) in [5.41, 5.74) is 1.28. The molecule has 0 amide bonds. The van der Waals surface area contributed by atoms with Crippen LogP contribution in [0.1, 0.15) is 24.3 Å². The number of nitrogens with zero attached hydrogens (tertiary/aromatic N) is 1. The molecule has 3 rings (SSSR count). The summed E-state index contributed by atoms with van der Waals surface area (Å²) in [7, 11) is 0. The predicted octanol–water partition coefficient (Wildman–Crippen LogP) is 3.68. The molecule has 19 heavy (non-hydrogen) atoms. The molecule has 0 fully saturated rings. The summed E-state index contributed by atoms with van der Waals surface area (Å²) >= 11 is 0. The first kappa shape index (κ1) is 11.9. The molecule has 0 saturated carbocycles. The van der Waals surface area contributed by atoms with E-state index in [-0.39, 0.29) is 6.04 Å². The molecule has 3 aromatic rings. The van der Waals surface area contributed by atoms with Crippen LogP contribution in [0.3, 0.4) is 0 Å². The normalized spacial score (nSPS) is 12.7. The molecule has 0 aliphatic heterocycles. The van der Waals surface area contributed by atoms with Gasteiger partial charge in [0.2, 0.25) is 0 Å². The van der Waals surface area contributed by atoms with Crippen molar-refractivity contribution in [2.24, 2.45) is 0 Å². The van der Waals surface area contributed by atoms with E-state index in [0.29, 0.717) is 0 Å². The zero-order valence-electron chi connectivity index (χ0n) is 10.8. The Hall–Kier alpha value is -2.13. The standard InChI is InChI=1S/C16H16N2O/c1-12(16-6-3-9-19-16)18-11-14-5-2-4-13-10-17-8-7-15(13)14/h2-10,12,18H,11H2,1H3/t12-/m1/s1.